The van der Waals surface area contributed by atoms with Crippen molar-refractivity contribution in [1.29, 1.82) is 0 Å². The van der Waals surface area contributed by atoms with Gasteiger partial charge in [-0.25, -0.2) is 4.98 Å². The number of pyridine rings is 1. The Labute approximate surface area is 137 Å². The van der Waals surface area contributed by atoms with Crippen molar-refractivity contribution in [3.8, 4) is 0 Å². The van der Waals surface area contributed by atoms with Gasteiger partial charge < -0.3 is 9.88 Å². The van der Waals surface area contributed by atoms with E-state index in [9.17, 15) is 4.79 Å². The molecular formula is C18H24N4O. The Hall–Kier alpha value is -2.17. The molecule has 1 amide bonds. The molecule has 0 aromatic carbocycles. The minimum Gasteiger partial charge on any atom is -0.352 e. The third-order valence-electron chi connectivity index (χ3n) is 4.57. The van der Waals surface area contributed by atoms with Crippen LogP contribution in [0.2, 0.25) is 0 Å². The van der Waals surface area contributed by atoms with Gasteiger partial charge in [0.15, 0.2) is 0 Å². The molecular weight excluding hydrogens is 288 g/mol. The van der Waals surface area contributed by atoms with Crippen molar-refractivity contribution in [2.75, 3.05) is 6.54 Å². The van der Waals surface area contributed by atoms with Crippen molar-refractivity contribution in [3.05, 3.63) is 47.8 Å². The topological polar surface area (TPSA) is 59.8 Å². The first-order valence-corrected chi connectivity index (χ1v) is 8.46. The van der Waals surface area contributed by atoms with Gasteiger partial charge in [0, 0.05) is 48.9 Å². The number of hydrogen-bond donors (Lipinski definition) is 1. The molecule has 0 aliphatic heterocycles. The average Bonchev–Trinajstić information content (AvgIpc) is 2.97. The third kappa shape index (κ3) is 3.78. The van der Waals surface area contributed by atoms with Crippen molar-refractivity contribution < 1.29 is 4.79 Å². The van der Waals surface area contributed by atoms with Gasteiger partial charge in [-0.3, -0.25) is 9.78 Å². The van der Waals surface area contributed by atoms with Crippen LogP contribution in [0.5, 0.6) is 0 Å². The summed E-state index contributed by atoms with van der Waals surface area (Å²) >= 11 is 0. The lowest BCUT2D eigenvalue weighted by Gasteiger charge is -2.26. The maximum atomic E-state index is 12.1. The molecule has 1 N–H and O–H groups in total. The molecule has 0 radical (unpaired) electrons. The van der Waals surface area contributed by atoms with Gasteiger partial charge in [0.1, 0.15) is 5.82 Å². The van der Waals surface area contributed by atoms with Crippen LogP contribution in [0, 0.1) is 6.92 Å². The molecule has 1 aliphatic carbocycles. The molecule has 5 heteroatoms. The van der Waals surface area contributed by atoms with E-state index < -0.39 is 0 Å². The number of imidazole rings is 1. The third-order valence-corrected chi connectivity index (χ3v) is 4.57. The predicted octanol–water partition coefficient (Wildman–Crippen LogP) is 3.06. The van der Waals surface area contributed by atoms with E-state index in [1.54, 1.807) is 24.5 Å². The molecule has 0 saturated heterocycles. The molecule has 5 nitrogen and oxygen atoms in total. The SMILES string of the molecule is Cc1cnc(CCNC(=O)c2ccncc2)n1C1CCCCC1. The Morgan fingerprint density at radius 1 is 1.26 bits per heavy atom. The second-order valence-corrected chi connectivity index (χ2v) is 6.22. The van der Waals surface area contributed by atoms with Crippen LogP contribution in [0.3, 0.4) is 0 Å². The Morgan fingerprint density at radius 2 is 2.00 bits per heavy atom. The number of nitrogens with one attached hydrogen (secondary N) is 1. The molecule has 23 heavy (non-hydrogen) atoms. The summed E-state index contributed by atoms with van der Waals surface area (Å²) in [6.07, 6.45) is 12.4. The van der Waals surface area contributed by atoms with Crippen LogP contribution in [-0.4, -0.2) is 27.0 Å². The quantitative estimate of drug-likeness (QED) is 0.923. The van der Waals surface area contributed by atoms with E-state index in [1.807, 2.05) is 6.20 Å². The van der Waals surface area contributed by atoms with Crippen LogP contribution in [0.15, 0.2) is 30.7 Å². The zero-order valence-electron chi connectivity index (χ0n) is 13.7. The van der Waals surface area contributed by atoms with Gasteiger partial charge in [-0.2, -0.15) is 0 Å². The number of nitrogens with zero attached hydrogens (tertiary/aromatic N) is 3. The summed E-state index contributed by atoms with van der Waals surface area (Å²) in [5, 5.41) is 2.97. The van der Waals surface area contributed by atoms with E-state index in [-0.39, 0.29) is 5.91 Å². The fourth-order valence-electron chi connectivity index (χ4n) is 3.41. The molecule has 1 aliphatic rings. The molecule has 0 spiro atoms. The number of carbonyl (C=O) groups excluding carboxylic acids is 1. The first-order chi connectivity index (χ1) is 11.3. The van der Waals surface area contributed by atoms with Gasteiger partial charge in [-0.15, -0.1) is 0 Å². The highest BCUT2D eigenvalue weighted by Gasteiger charge is 2.19. The van der Waals surface area contributed by atoms with E-state index in [1.165, 1.54) is 37.8 Å². The van der Waals surface area contributed by atoms with Gasteiger partial charge in [0.25, 0.3) is 5.91 Å². The van der Waals surface area contributed by atoms with E-state index in [4.69, 9.17) is 0 Å². The van der Waals surface area contributed by atoms with E-state index in [0.717, 1.165) is 12.2 Å². The second-order valence-electron chi connectivity index (χ2n) is 6.22. The molecule has 2 heterocycles. The number of hydrogen-bond acceptors (Lipinski definition) is 3. The zero-order valence-corrected chi connectivity index (χ0v) is 13.7. The first kappa shape index (κ1) is 15.7. The highest BCUT2D eigenvalue weighted by atomic mass is 16.1. The normalized spacial score (nSPS) is 15.5. The predicted molar refractivity (Wildman–Crippen MR) is 89.4 cm³/mol. The van der Waals surface area contributed by atoms with Crippen LogP contribution in [0.1, 0.15) is 60.0 Å². The number of aryl methyl sites for hydroxylation is 1. The molecule has 0 bridgehead atoms. The minimum atomic E-state index is -0.0557. The number of amides is 1. The van der Waals surface area contributed by atoms with Crippen LogP contribution in [-0.2, 0) is 6.42 Å². The fraction of sp³-hybridized carbons (Fsp3) is 0.500. The summed E-state index contributed by atoms with van der Waals surface area (Å²) in [6, 6.07) is 4.03. The Kier molecular flexibility index (Phi) is 5.05. The summed E-state index contributed by atoms with van der Waals surface area (Å²) in [4.78, 5) is 20.6. The fourth-order valence-corrected chi connectivity index (χ4v) is 3.41. The van der Waals surface area contributed by atoms with Crippen molar-refractivity contribution >= 4 is 5.91 Å². The summed E-state index contributed by atoms with van der Waals surface area (Å²) in [7, 11) is 0. The maximum Gasteiger partial charge on any atom is 0.251 e. The van der Waals surface area contributed by atoms with Gasteiger partial charge in [0.2, 0.25) is 0 Å². The van der Waals surface area contributed by atoms with Crippen LogP contribution in [0.25, 0.3) is 0 Å². The maximum absolute atomic E-state index is 12.1. The molecule has 0 unspecified atom stereocenters. The lowest BCUT2D eigenvalue weighted by atomic mass is 9.95. The smallest absolute Gasteiger partial charge is 0.251 e. The summed E-state index contributed by atoms with van der Waals surface area (Å²) in [5.74, 6) is 1.03. The van der Waals surface area contributed by atoms with E-state index >= 15 is 0 Å². The van der Waals surface area contributed by atoms with Crippen molar-refractivity contribution in [1.82, 2.24) is 19.9 Å². The highest BCUT2D eigenvalue weighted by molar-refractivity contribution is 5.93. The molecule has 122 valence electrons. The highest BCUT2D eigenvalue weighted by Crippen LogP contribution is 2.30. The summed E-state index contributed by atoms with van der Waals surface area (Å²) in [6.45, 7) is 2.73. The van der Waals surface area contributed by atoms with Crippen molar-refractivity contribution in [2.45, 2.75) is 51.5 Å². The standard InChI is InChI=1S/C18H24N4O/c1-14-13-21-17(22(14)16-5-3-2-4-6-16)9-12-20-18(23)15-7-10-19-11-8-15/h7-8,10-11,13,16H,2-6,9,12H2,1H3,(H,20,23). The van der Waals surface area contributed by atoms with E-state index in [2.05, 4.69) is 26.8 Å². The second kappa shape index (κ2) is 7.40. The first-order valence-electron chi connectivity index (χ1n) is 8.46. The average molecular weight is 312 g/mol. The summed E-state index contributed by atoms with van der Waals surface area (Å²) in [5.41, 5.74) is 1.87. The van der Waals surface area contributed by atoms with Gasteiger partial charge in [-0.05, 0) is 31.9 Å². The molecule has 2 aromatic rings. The van der Waals surface area contributed by atoms with Gasteiger partial charge in [-0.1, -0.05) is 19.3 Å². The lowest BCUT2D eigenvalue weighted by molar-refractivity contribution is 0.0953. The van der Waals surface area contributed by atoms with Crippen LogP contribution in [0.4, 0.5) is 0 Å². The van der Waals surface area contributed by atoms with Crippen molar-refractivity contribution in [3.63, 3.8) is 0 Å². The molecule has 1 fully saturated rings. The van der Waals surface area contributed by atoms with Crippen molar-refractivity contribution in [2.24, 2.45) is 0 Å². The lowest BCUT2D eigenvalue weighted by Crippen LogP contribution is -2.27. The van der Waals surface area contributed by atoms with E-state index in [0.29, 0.717) is 18.2 Å². The zero-order chi connectivity index (χ0) is 16.1. The Balaban J connectivity index is 1.59. The largest absolute Gasteiger partial charge is 0.352 e. The van der Waals surface area contributed by atoms with Gasteiger partial charge in [0.05, 0.1) is 0 Å². The Morgan fingerprint density at radius 3 is 2.74 bits per heavy atom. The number of carbonyl (C=O) groups is 1. The molecule has 2 aromatic heterocycles. The van der Waals surface area contributed by atoms with Gasteiger partial charge >= 0.3 is 0 Å². The molecule has 0 atom stereocenters. The van der Waals surface area contributed by atoms with Crippen LogP contribution >= 0.6 is 0 Å². The van der Waals surface area contributed by atoms with Crippen LogP contribution < -0.4 is 5.32 Å². The number of rotatable bonds is 5. The Bertz CT molecular complexity index is 644. The minimum absolute atomic E-state index is 0.0557. The molecule has 1 saturated carbocycles. The monoisotopic (exact) mass is 312 g/mol. The summed E-state index contributed by atoms with van der Waals surface area (Å²) < 4.78 is 2.39. The molecule has 3 rings (SSSR count). The number of aromatic nitrogens is 3.